The number of aryl methyl sites for hydroxylation is 1. The Balaban J connectivity index is 2.41. The lowest BCUT2D eigenvalue weighted by Gasteiger charge is -2.19. The van der Waals surface area contributed by atoms with E-state index in [2.05, 4.69) is 21.2 Å². The molecule has 4 heteroatoms. The molecular weight excluding hydrogens is 294 g/mol. The molecule has 0 bridgehead atoms. The first kappa shape index (κ1) is 15.2. The van der Waals surface area contributed by atoms with Crippen LogP contribution in [0.15, 0.2) is 28.7 Å². The summed E-state index contributed by atoms with van der Waals surface area (Å²) in [5.41, 5.74) is 1.13. The lowest BCUT2D eigenvalue weighted by Crippen LogP contribution is -2.41. The second-order valence-electron chi connectivity index (χ2n) is 4.73. The molecule has 0 fully saturated rings. The molecule has 1 amide bonds. The van der Waals surface area contributed by atoms with Crippen LogP contribution < -0.4 is 5.32 Å². The van der Waals surface area contributed by atoms with Crippen molar-refractivity contribution < 1.29 is 9.90 Å². The van der Waals surface area contributed by atoms with Crippen LogP contribution in [-0.4, -0.2) is 23.7 Å². The minimum absolute atomic E-state index is 0.0114. The number of carbonyl (C=O) groups excluding carboxylic acids is 1. The number of benzene rings is 1. The third kappa shape index (κ3) is 5.19. The van der Waals surface area contributed by atoms with Crippen LogP contribution >= 0.6 is 15.9 Å². The number of halogens is 1. The molecule has 100 valence electrons. The van der Waals surface area contributed by atoms with Gasteiger partial charge < -0.3 is 10.4 Å². The Hall–Kier alpha value is -0.870. The predicted molar refractivity (Wildman–Crippen MR) is 76.3 cm³/mol. The fourth-order valence-corrected chi connectivity index (χ4v) is 2.10. The Bertz CT molecular complexity index is 393. The number of rotatable bonds is 6. The van der Waals surface area contributed by atoms with Crippen LogP contribution in [0.2, 0.25) is 0 Å². The number of nitrogens with one attached hydrogen (secondary N) is 1. The summed E-state index contributed by atoms with van der Waals surface area (Å²) < 4.78 is 1.02. The molecule has 0 aliphatic rings. The van der Waals surface area contributed by atoms with Crippen LogP contribution in [0.1, 0.15) is 25.8 Å². The normalized spacial score (nSPS) is 12.5. The smallest absolute Gasteiger partial charge is 0.220 e. The van der Waals surface area contributed by atoms with Gasteiger partial charge in [-0.15, -0.1) is 0 Å². The maximum atomic E-state index is 11.7. The van der Waals surface area contributed by atoms with Crippen molar-refractivity contribution in [3.05, 3.63) is 34.3 Å². The third-order valence-electron chi connectivity index (χ3n) is 2.88. The molecule has 1 rings (SSSR count). The van der Waals surface area contributed by atoms with Crippen molar-refractivity contribution in [3.63, 3.8) is 0 Å². The molecule has 0 aromatic heterocycles. The van der Waals surface area contributed by atoms with Gasteiger partial charge in [-0.3, -0.25) is 4.79 Å². The number of aliphatic hydroxyl groups is 1. The molecule has 3 nitrogen and oxygen atoms in total. The minimum atomic E-state index is -0.153. The van der Waals surface area contributed by atoms with Crippen molar-refractivity contribution in [1.29, 1.82) is 0 Å². The summed E-state index contributed by atoms with van der Waals surface area (Å²) in [6.45, 7) is 3.95. The number of amides is 1. The molecular formula is C14H20BrNO2. The average molecular weight is 314 g/mol. The molecule has 1 atom stereocenters. The molecule has 0 aliphatic heterocycles. The molecule has 1 aromatic rings. The Morgan fingerprint density at radius 2 is 2.17 bits per heavy atom. The van der Waals surface area contributed by atoms with E-state index in [1.807, 2.05) is 38.1 Å². The molecule has 1 aromatic carbocycles. The number of hydrogen-bond donors (Lipinski definition) is 2. The second-order valence-corrected chi connectivity index (χ2v) is 5.65. The lowest BCUT2D eigenvalue weighted by atomic mass is 10.0. The van der Waals surface area contributed by atoms with E-state index in [-0.39, 0.29) is 24.5 Å². The van der Waals surface area contributed by atoms with E-state index >= 15 is 0 Å². The number of hydrogen-bond acceptors (Lipinski definition) is 2. The number of carbonyl (C=O) groups is 1. The Labute approximate surface area is 117 Å². The van der Waals surface area contributed by atoms with Gasteiger partial charge in [0.05, 0.1) is 12.6 Å². The van der Waals surface area contributed by atoms with Crippen molar-refractivity contribution in [1.82, 2.24) is 5.32 Å². The van der Waals surface area contributed by atoms with Crippen molar-refractivity contribution in [2.75, 3.05) is 6.61 Å². The van der Waals surface area contributed by atoms with Gasteiger partial charge in [0.1, 0.15) is 0 Å². The highest BCUT2D eigenvalue weighted by atomic mass is 79.9. The van der Waals surface area contributed by atoms with Gasteiger partial charge in [-0.05, 0) is 30.0 Å². The van der Waals surface area contributed by atoms with E-state index in [9.17, 15) is 4.79 Å². The van der Waals surface area contributed by atoms with Gasteiger partial charge in [0.2, 0.25) is 5.91 Å². The summed E-state index contributed by atoms with van der Waals surface area (Å²) in [6.07, 6.45) is 1.15. The van der Waals surface area contributed by atoms with Gasteiger partial charge in [-0.1, -0.05) is 41.9 Å². The van der Waals surface area contributed by atoms with E-state index in [1.165, 1.54) is 0 Å². The topological polar surface area (TPSA) is 49.3 Å². The van der Waals surface area contributed by atoms with Gasteiger partial charge in [-0.2, -0.15) is 0 Å². The van der Waals surface area contributed by atoms with E-state index < -0.39 is 0 Å². The molecule has 0 spiro atoms. The van der Waals surface area contributed by atoms with Crippen LogP contribution in [-0.2, 0) is 11.2 Å². The fraction of sp³-hybridized carbons (Fsp3) is 0.500. The van der Waals surface area contributed by atoms with E-state index in [4.69, 9.17) is 5.11 Å². The van der Waals surface area contributed by atoms with Crippen LogP contribution in [0.25, 0.3) is 0 Å². The Morgan fingerprint density at radius 1 is 1.44 bits per heavy atom. The maximum absolute atomic E-state index is 11.7. The van der Waals surface area contributed by atoms with Gasteiger partial charge in [0.25, 0.3) is 0 Å². The van der Waals surface area contributed by atoms with Gasteiger partial charge >= 0.3 is 0 Å². The summed E-state index contributed by atoms with van der Waals surface area (Å²) in [5.74, 6) is 0.229. The standard InChI is InChI=1S/C14H20BrNO2/c1-10(2)13(9-17)16-14(18)7-6-11-4-3-5-12(15)8-11/h3-5,8,10,13,17H,6-7,9H2,1-2H3,(H,16,18). The van der Waals surface area contributed by atoms with Crippen molar-refractivity contribution in [2.45, 2.75) is 32.7 Å². The number of aliphatic hydroxyl groups excluding tert-OH is 1. The quantitative estimate of drug-likeness (QED) is 0.848. The van der Waals surface area contributed by atoms with E-state index in [0.29, 0.717) is 12.8 Å². The SMILES string of the molecule is CC(C)C(CO)NC(=O)CCc1cccc(Br)c1. The molecule has 2 N–H and O–H groups in total. The minimum Gasteiger partial charge on any atom is -0.394 e. The molecule has 0 heterocycles. The second kappa shape index (κ2) is 7.54. The molecule has 0 saturated carbocycles. The van der Waals surface area contributed by atoms with Crippen LogP contribution in [0.4, 0.5) is 0 Å². The van der Waals surface area contributed by atoms with Crippen molar-refractivity contribution in [3.8, 4) is 0 Å². The highest BCUT2D eigenvalue weighted by molar-refractivity contribution is 9.10. The summed E-state index contributed by atoms with van der Waals surface area (Å²) in [6, 6.07) is 7.79. The largest absolute Gasteiger partial charge is 0.394 e. The van der Waals surface area contributed by atoms with E-state index in [0.717, 1.165) is 10.0 Å². The van der Waals surface area contributed by atoms with Crippen LogP contribution in [0.5, 0.6) is 0 Å². The summed E-state index contributed by atoms with van der Waals surface area (Å²) in [4.78, 5) is 11.7. The summed E-state index contributed by atoms with van der Waals surface area (Å²) in [5, 5.41) is 12.0. The highest BCUT2D eigenvalue weighted by Gasteiger charge is 2.14. The molecule has 0 radical (unpaired) electrons. The summed E-state index contributed by atoms with van der Waals surface area (Å²) in [7, 11) is 0. The lowest BCUT2D eigenvalue weighted by molar-refractivity contribution is -0.122. The summed E-state index contributed by atoms with van der Waals surface area (Å²) >= 11 is 3.41. The zero-order valence-electron chi connectivity index (χ0n) is 10.8. The van der Waals surface area contributed by atoms with Gasteiger partial charge in [0.15, 0.2) is 0 Å². The first-order valence-corrected chi connectivity index (χ1v) is 6.97. The average Bonchev–Trinajstić information content (AvgIpc) is 2.33. The first-order chi connectivity index (χ1) is 8.52. The molecule has 0 saturated heterocycles. The zero-order chi connectivity index (χ0) is 13.5. The Kier molecular flexibility index (Phi) is 6.36. The van der Waals surface area contributed by atoms with E-state index in [1.54, 1.807) is 0 Å². The fourth-order valence-electron chi connectivity index (χ4n) is 1.65. The van der Waals surface area contributed by atoms with Gasteiger partial charge in [-0.25, -0.2) is 0 Å². The maximum Gasteiger partial charge on any atom is 0.220 e. The van der Waals surface area contributed by atoms with Crippen LogP contribution in [0.3, 0.4) is 0 Å². The zero-order valence-corrected chi connectivity index (χ0v) is 12.4. The predicted octanol–water partition coefficient (Wildman–Crippen LogP) is 2.51. The van der Waals surface area contributed by atoms with Crippen LogP contribution in [0, 0.1) is 5.92 Å². The molecule has 0 aliphatic carbocycles. The third-order valence-corrected chi connectivity index (χ3v) is 3.37. The molecule has 18 heavy (non-hydrogen) atoms. The van der Waals surface area contributed by atoms with Crippen molar-refractivity contribution >= 4 is 21.8 Å². The first-order valence-electron chi connectivity index (χ1n) is 6.17. The highest BCUT2D eigenvalue weighted by Crippen LogP contribution is 2.13. The van der Waals surface area contributed by atoms with Gasteiger partial charge in [0, 0.05) is 10.9 Å². The Morgan fingerprint density at radius 3 is 2.72 bits per heavy atom. The van der Waals surface area contributed by atoms with Crippen molar-refractivity contribution in [2.24, 2.45) is 5.92 Å². The molecule has 1 unspecified atom stereocenters. The monoisotopic (exact) mass is 313 g/mol.